The highest BCUT2D eigenvalue weighted by atomic mass is 127. The molecule has 8 heteroatoms. The molecule has 0 bridgehead atoms. The van der Waals surface area contributed by atoms with Crippen molar-refractivity contribution in [2.75, 3.05) is 33.4 Å². The zero-order valence-corrected chi connectivity index (χ0v) is 20.9. The number of nitrogens with zero attached hydrogens (tertiary/aromatic N) is 2. The first kappa shape index (κ1) is 25.6. The first-order valence-corrected chi connectivity index (χ1v) is 10.7. The molecule has 162 valence electrons. The van der Waals surface area contributed by atoms with E-state index < -0.39 is 0 Å². The minimum absolute atomic E-state index is 0. The largest absolute Gasteiger partial charge is 0.491 e. The smallest absolute Gasteiger partial charge is 0.191 e. The van der Waals surface area contributed by atoms with Gasteiger partial charge in [-0.2, -0.15) is 0 Å². The van der Waals surface area contributed by atoms with Gasteiger partial charge in [0, 0.05) is 49.8 Å². The molecular formula is C21H33IN4O2S. The Morgan fingerprint density at radius 1 is 1.21 bits per heavy atom. The molecule has 2 aromatic rings. The molecule has 0 radical (unpaired) electrons. The Labute approximate surface area is 195 Å². The number of aliphatic imine (C=N–C) groups is 1. The highest BCUT2D eigenvalue weighted by Gasteiger charge is 2.06. The monoisotopic (exact) mass is 532 g/mol. The fourth-order valence-electron chi connectivity index (χ4n) is 2.66. The molecule has 0 unspecified atom stereocenters. The summed E-state index contributed by atoms with van der Waals surface area (Å²) in [7, 11) is 1.79. The summed E-state index contributed by atoms with van der Waals surface area (Å²) in [5, 5.41) is 10.0. The molecule has 0 atom stereocenters. The number of aryl methyl sites for hydroxylation is 3. The summed E-state index contributed by atoms with van der Waals surface area (Å²) in [6.07, 6.45) is 2.00. The van der Waals surface area contributed by atoms with E-state index in [1.165, 1.54) is 10.6 Å². The molecule has 0 aliphatic carbocycles. The van der Waals surface area contributed by atoms with Crippen LogP contribution in [0.2, 0.25) is 0 Å². The van der Waals surface area contributed by atoms with Gasteiger partial charge in [0.15, 0.2) is 5.96 Å². The van der Waals surface area contributed by atoms with Crippen molar-refractivity contribution in [1.82, 2.24) is 15.6 Å². The lowest BCUT2D eigenvalue weighted by atomic mass is 10.1. The highest BCUT2D eigenvalue weighted by molar-refractivity contribution is 14.0. The van der Waals surface area contributed by atoms with Gasteiger partial charge < -0.3 is 20.1 Å². The van der Waals surface area contributed by atoms with Gasteiger partial charge in [-0.25, -0.2) is 4.98 Å². The van der Waals surface area contributed by atoms with Gasteiger partial charge in [-0.3, -0.25) is 4.99 Å². The summed E-state index contributed by atoms with van der Waals surface area (Å²) in [4.78, 5) is 8.80. The lowest BCUT2D eigenvalue weighted by Gasteiger charge is -2.15. The molecule has 1 aromatic carbocycles. The summed E-state index contributed by atoms with van der Waals surface area (Å²) in [6, 6.07) is 6.25. The predicted octanol–water partition coefficient (Wildman–Crippen LogP) is 4.09. The SMILES string of the molecule is CCOCCOc1cc(C)ccc1CNC(=NC)NCCCc1nc(C)cs1.I. The lowest BCUT2D eigenvalue weighted by Crippen LogP contribution is -2.37. The number of nitrogens with one attached hydrogen (secondary N) is 2. The minimum atomic E-state index is 0. The van der Waals surface area contributed by atoms with E-state index in [4.69, 9.17) is 9.47 Å². The number of ether oxygens (including phenoxy) is 2. The Morgan fingerprint density at radius 3 is 2.72 bits per heavy atom. The maximum absolute atomic E-state index is 5.90. The van der Waals surface area contributed by atoms with Crippen LogP contribution >= 0.6 is 35.3 Å². The molecule has 2 N–H and O–H groups in total. The van der Waals surface area contributed by atoms with Crippen molar-refractivity contribution >= 4 is 41.3 Å². The van der Waals surface area contributed by atoms with Crippen LogP contribution in [0.4, 0.5) is 0 Å². The lowest BCUT2D eigenvalue weighted by molar-refractivity contribution is 0.110. The average molecular weight is 532 g/mol. The van der Waals surface area contributed by atoms with Crippen molar-refractivity contribution in [3.05, 3.63) is 45.4 Å². The van der Waals surface area contributed by atoms with E-state index in [0.29, 0.717) is 26.4 Å². The number of benzene rings is 1. The topological polar surface area (TPSA) is 67.8 Å². The van der Waals surface area contributed by atoms with Gasteiger partial charge in [0.2, 0.25) is 0 Å². The van der Waals surface area contributed by atoms with E-state index in [1.54, 1.807) is 18.4 Å². The zero-order chi connectivity index (χ0) is 20.2. The molecule has 0 aliphatic rings. The first-order chi connectivity index (χ1) is 13.6. The van der Waals surface area contributed by atoms with Crippen LogP contribution in [0.15, 0.2) is 28.6 Å². The van der Waals surface area contributed by atoms with Crippen LogP contribution in [0.25, 0.3) is 0 Å². The van der Waals surface area contributed by atoms with Crippen LogP contribution in [0.3, 0.4) is 0 Å². The average Bonchev–Trinajstić information content (AvgIpc) is 3.11. The minimum Gasteiger partial charge on any atom is -0.491 e. The fourth-order valence-corrected chi connectivity index (χ4v) is 3.48. The first-order valence-electron chi connectivity index (χ1n) is 9.78. The number of thiazole rings is 1. The Bertz CT molecular complexity index is 752. The second-order valence-corrected chi connectivity index (χ2v) is 7.44. The molecule has 0 spiro atoms. The number of halogens is 1. The molecular weight excluding hydrogens is 499 g/mol. The number of hydrogen-bond donors (Lipinski definition) is 2. The normalized spacial score (nSPS) is 11.1. The van der Waals surface area contributed by atoms with E-state index in [1.807, 2.05) is 13.8 Å². The van der Waals surface area contributed by atoms with Crippen molar-refractivity contribution in [1.29, 1.82) is 0 Å². The van der Waals surface area contributed by atoms with E-state index in [-0.39, 0.29) is 24.0 Å². The molecule has 1 heterocycles. The van der Waals surface area contributed by atoms with Gasteiger partial charge in [-0.15, -0.1) is 35.3 Å². The quantitative estimate of drug-likeness (QED) is 0.198. The number of hydrogen-bond acceptors (Lipinski definition) is 5. The molecule has 0 fully saturated rings. The van der Waals surface area contributed by atoms with Gasteiger partial charge >= 0.3 is 0 Å². The van der Waals surface area contributed by atoms with Crippen LogP contribution in [-0.2, 0) is 17.7 Å². The molecule has 0 saturated carbocycles. The van der Waals surface area contributed by atoms with Crippen LogP contribution in [0.1, 0.15) is 35.2 Å². The number of guanidine groups is 1. The van der Waals surface area contributed by atoms with Crippen LogP contribution in [0, 0.1) is 13.8 Å². The number of rotatable bonds is 11. The molecule has 6 nitrogen and oxygen atoms in total. The third-order valence-corrected chi connectivity index (χ3v) is 5.13. The van der Waals surface area contributed by atoms with Gasteiger partial charge in [-0.05, 0) is 38.8 Å². The van der Waals surface area contributed by atoms with Gasteiger partial charge in [0.25, 0.3) is 0 Å². The Hall–Kier alpha value is -1.39. The fraction of sp³-hybridized carbons (Fsp3) is 0.524. The zero-order valence-electron chi connectivity index (χ0n) is 17.8. The number of aromatic nitrogens is 1. The van der Waals surface area contributed by atoms with Crippen molar-refractivity contribution in [3.8, 4) is 5.75 Å². The second kappa shape index (κ2) is 14.6. The van der Waals surface area contributed by atoms with Crippen molar-refractivity contribution in [3.63, 3.8) is 0 Å². The summed E-state index contributed by atoms with van der Waals surface area (Å²) < 4.78 is 11.3. The molecule has 1 aromatic heterocycles. The van der Waals surface area contributed by atoms with E-state index >= 15 is 0 Å². The molecule has 29 heavy (non-hydrogen) atoms. The Morgan fingerprint density at radius 2 is 2.03 bits per heavy atom. The van der Waals surface area contributed by atoms with Crippen molar-refractivity contribution < 1.29 is 9.47 Å². The molecule has 0 saturated heterocycles. The van der Waals surface area contributed by atoms with Crippen LogP contribution in [0.5, 0.6) is 5.75 Å². The molecule has 2 rings (SSSR count). The van der Waals surface area contributed by atoms with Gasteiger partial charge in [0.1, 0.15) is 12.4 Å². The van der Waals surface area contributed by atoms with Crippen LogP contribution in [-0.4, -0.2) is 44.4 Å². The third kappa shape index (κ3) is 9.77. The Kier molecular flexibility index (Phi) is 12.9. The summed E-state index contributed by atoms with van der Waals surface area (Å²) >= 11 is 1.73. The summed E-state index contributed by atoms with van der Waals surface area (Å²) in [6.45, 7) is 9.43. The van der Waals surface area contributed by atoms with Gasteiger partial charge in [-0.1, -0.05) is 12.1 Å². The summed E-state index contributed by atoms with van der Waals surface area (Å²) in [5.74, 6) is 1.68. The maximum Gasteiger partial charge on any atom is 0.191 e. The Balaban J connectivity index is 0.00000420. The van der Waals surface area contributed by atoms with Gasteiger partial charge in [0.05, 0.1) is 11.6 Å². The molecule has 0 aliphatic heterocycles. The summed E-state index contributed by atoms with van der Waals surface area (Å²) in [5.41, 5.74) is 3.38. The highest BCUT2D eigenvalue weighted by Crippen LogP contribution is 2.20. The van der Waals surface area contributed by atoms with Crippen molar-refractivity contribution in [2.24, 2.45) is 4.99 Å². The van der Waals surface area contributed by atoms with E-state index in [9.17, 15) is 0 Å². The standard InChI is InChI=1S/C21H32N4O2S.HI/c1-5-26-11-12-27-19-13-16(2)8-9-18(19)14-24-21(22-4)23-10-6-7-20-25-17(3)15-28-20;/h8-9,13,15H,5-7,10-12,14H2,1-4H3,(H2,22,23,24);1H. The van der Waals surface area contributed by atoms with E-state index in [0.717, 1.165) is 42.4 Å². The maximum atomic E-state index is 5.90. The van der Waals surface area contributed by atoms with Crippen LogP contribution < -0.4 is 15.4 Å². The van der Waals surface area contributed by atoms with Crippen molar-refractivity contribution in [2.45, 2.75) is 40.2 Å². The second-order valence-electron chi connectivity index (χ2n) is 6.50. The third-order valence-electron chi connectivity index (χ3n) is 4.11. The van der Waals surface area contributed by atoms with E-state index in [2.05, 4.69) is 51.1 Å². The molecule has 0 amide bonds. The predicted molar refractivity (Wildman–Crippen MR) is 132 cm³/mol.